The molecule has 0 unspecified atom stereocenters. The third-order valence-corrected chi connectivity index (χ3v) is 3.35. The Balaban J connectivity index is 2.04. The van der Waals surface area contributed by atoms with Gasteiger partial charge in [-0.2, -0.15) is 10.5 Å². The quantitative estimate of drug-likeness (QED) is 0.879. The molecule has 1 fully saturated rings. The van der Waals surface area contributed by atoms with Gasteiger partial charge in [0, 0.05) is 5.69 Å². The zero-order chi connectivity index (χ0) is 13.0. The third-order valence-electron chi connectivity index (χ3n) is 3.35. The van der Waals surface area contributed by atoms with Crippen molar-refractivity contribution >= 4 is 11.6 Å². The molecule has 1 amide bonds. The highest BCUT2D eigenvalue weighted by Gasteiger charge is 2.44. The average molecular weight is 239 g/mol. The third kappa shape index (κ3) is 2.19. The number of nitrogens with one attached hydrogen (secondary N) is 1. The SMILES string of the molecule is N#CCc1ccc(NC(=O)C2(C#N)CCC2)cc1. The fourth-order valence-electron chi connectivity index (χ4n) is 1.97. The van der Waals surface area contributed by atoms with Crippen molar-refractivity contribution in [3.8, 4) is 12.1 Å². The molecule has 0 spiro atoms. The van der Waals surface area contributed by atoms with Crippen LogP contribution < -0.4 is 5.32 Å². The summed E-state index contributed by atoms with van der Waals surface area (Å²) < 4.78 is 0. The second-order valence-corrected chi connectivity index (χ2v) is 4.53. The summed E-state index contributed by atoms with van der Waals surface area (Å²) in [6.07, 6.45) is 2.57. The van der Waals surface area contributed by atoms with Gasteiger partial charge in [0.15, 0.2) is 0 Å². The maximum Gasteiger partial charge on any atom is 0.244 e. The Bertz CT molecular complexity index is 530. The van der Waals surface area contributed by atoms with Crippen LogP contribution in [0.5, 0.6) is 0 Å². The lowest BCUT2D eigenvalue weighted by atomic mass is 9.69. The van der Waals surface area contributed by atoms with Gasteiger partial charge in [0.05, 0.1) is 18.6 Å². The van der Waals surface area contributed by atoms with E-state index in [4.69, 9.17) is 10.5 Å². The number of carbonyl (C=O) groups excluding carboxylic acids is 1. The Kier molecular flexibility index (Phi) is 3.30. The van der Waals surface area contributed by atoms with Gasteiger partial charge in [0.1, 0.15) is 5.41 Å². The maximum atomic E-state index is 12.0. The normalized spacial score (nSPS) is 15.9. The highest BCUT2D eigenvalue weighted by molar-refractivity contribution is 5.97. The number of nitriles is 2. The lowest BCUT2D eigenvalue weighted by Gasteiger charge is -2.33. The lowest BCUT2D eigenvalue weighted by molar-refractivity contribution is -0.126. The summed E-state index contributed by atoms with van der Waals surface area (Å²) in [6, 6.07) is 11.3. The first kappa shape index (κ1) is 12.1. The summed E-state index contributed by atoms with van der Waals surface area (Å²) >= 11 is 0. The van der Waals surface area contributed by atoms with Crippen LogP contribution in [0, 0.1) is 28.1 Å². The van der Waals surface area contributed by atoms with Crippen molar-refractivity contribution in [2.75, 3.05) is 5.32 Å². The van der Waals surface area contributed by atoms with E-state index in [1.165, 1.54) is 0 Å². The van der Waals surface area contributed by atoms with Crippen LogP contribution in [-0.4, -0.2) is 5.91 Å². The highest BCUT2D eigenvalue weighted by atomic mass is 16.2. The van der Waals surface area contributed by atoms with Crippen molar-refractivity contribution in [3.05, 3.63) is 29.8 Å². The largest absolute Gasteiger partial charge is 0.325 e. The molecule has 1 aliphatic rings. The van der Waals surface area contributed by atoms with E-state index in [2.05, 4.69) is 17.5 Å². The molecule has 0 heterocycles. The number of hydrogen-bond donors (Lipinski definition) is 1. The molecule has 1 aliphatic carbocycles. The summed E-state index contributed by atoms with van der Waals surface area (Å²) in [5, 5.41) is 20.4. The predicted molar refractivity (Wildman–Crippen MR) is 66.3 cm³/mol. The number of carbonyl (C=O) groups is 1. The van der Waals surface area contributed by atoms with Gasteiger partial charge >= 0.3 is 0 Å². The van der Waals surface area contributed by atoms with Crippen LogP contribution in [0.3, 0.4) is 0 Å². The average Bonchev–Trinajstić information content (AvgIpc) is 2.31. The lowest BCUT2D eigenvalue weighted by Crippen LogP contribution is -2.40. The van der Waals surface area contributed by atoms with E-state index in [1.807, 2.05) is 0 Å². The fourth-order valence-corrected chi connectivity index (χ4v) is 1.97. The zero-order valence-corrected chi connectivity index (χ0v) is 9.94. The summed E-state index contributed by atoms with van der Waals surface area (Å²) in [5.74, 6) is -0.218. The topological polar surface area (TPSA) is 76.7 Å². The van der Waals surface area contributed by atoms with E-state index in [0.29, 0.717) is 24.9 Å². The van der Waals surface area contributed by atoms with Gasteiger partial charge in [-0.15, -0.1) is 0 Å². The van der Waals surface area contributed by atoms with Crippen molar-refractivity contribution in [2.24, 2.45) is 5.41 Å². The first-order valence-electron chi connectivity index (χ1n) is 5.89. The van der Waals surface area contributed by atoms with Crippen LogP contribution in [0.15, 0.2) is 24.3 Å². The smallest absolute Gasteiger partial charge is 0.244 e. The van der Waals surface area contributed by atoms with Gasteiger partial charge in [0.25, 0.3) is 0 Å². The molecule has 0 radical (unpaired) electrons. The maximum absolute atomic E-state index is 12.0. The molecule has 0 aromatic heterocycles. The monoisotopic (exact) mass is 239 g/mol. The van der Waals surface area contributed by atoms with E-state index < -0.39 is 5.41 Å². The molecule has 0 bridgehead atoms. The van der Waals surface area contributed by atoms with Crippen molar-refractivity contribution in [3.63, 3.8) is 0 Å². The Morgan fingerprint density at radius 3 is 2.39 bits per heavy atom. The Morgan fingerprint density at radius 2 is 1.94 bits per heavy atom. The van der Waals surface area contributed by atoms with Crippen molar-refractivity contribution < 1.29 is 4.79 Å². The van der Waals surface area contributed by atoms with E-state index in [0.717, 1.165) is 12.0 Å². The molecule has 1 aromatic carbocycles. The van der Waals surface area contributed by atoms with Crippen LogP contribution in [0.4, 0.5) is 5.69 Å². The van der Waals surface area contributed by atoms with E-state index in [-0.39, 0.29) is 5.91 Å². The summed E-state index contributed by atoms with van der Waals surface area (Å²) in [4.78, 5) is 12.0. The molecule has 0 aliphatic heterocycles. The Hall–Kier alpha value is -2.33. The van der Waals surface area contributed by atoms with E-state index >= 15 is 0 Å². The molecular formula is C14H13N3O. The van der Waals surface area contributed by atoms with Gasteiger partial charge < -0.3 is 5.32 Å². The summed E-state index contributed by atoms with van der Waals surface area (Å²) in [5.41, 5.74) is 0.753. The Labute approximate surface area is 106 Å². The number of amides is 1. The second kappa shape index (κ2) is 4.89. The molecule has 1 aromatic rings. The van der Waals surface area contributed by atoms with Crippen LogP contribution in [0.1, 0.15) is 24.8 Å². The number of nitrogens with zero attached hydrogens (tertiary/aromatic N) is 2. The zero-order valence-electron chi connectivity index (χ0n) is 9.94. The molecule has 90 valence electrons. The van der Waals surface area contributed by atoms with E-state index in [1.54, 1.807) is 24.3 Å². The van der Waals surface area contributed by atoms with Gasteiger partial charge in [-0.3, -0.25) is 4.79 Å². The van der Waals surface area contributed by atoms with Gasteiger partial charge in [-0.1, -0.05) is 12.1 Å². The van der Waals surface area contributed by atoms with Gasteiger partial charge in [0.2, 0.25) is 5.91 Å². The molecule has 2 rings (SSSR count). The number of rotatable bonds is 3. The minimum absolute atomic E-state index is 0.218. The molecule has 4 nitrogen and oxygen atoms in total. The molecule has 18 heavy (non-hydrogen) atoms. The molecule has 4 heteroatoms. The highest BCUT2D eigenvalue weighted by Crippen LogP contribution is 2.41. The molecule has 0 atom stereocenters. The van der Waals surface area contributed by atoms with Gasteiger partial charge in [-0.25, -0.2) is 0 Å². The summed E-state index contributed by atoms with van der Waals surface area (Å²) in [6.45, 7) is 0. The van der Waals surface area contributed by atoms with Crippen molar-refractivity contribution in [1.29, 1.82) is 10.5 Å². The summed E-state index contributed by atoms with van der Waals surface area (Å²) in [7, 11) is 0. The molecule has 1 N–H and O–H groups in total. The minimum Gasteiger partial charge on any atom is -0.325 e. The molecule has 1 saturated carbocycles. The first-order chi connectivity index (χ1) is 8.70. The van der Waals surface area contributed by atoms with Crippen LogP contribution in [-0.2, 0) is 11.2 Å². The van der Waals surface area contributed by atoms with Crippen LogP contribution in [0.2, 0.25) is 0 Å². The first-order valence-corrected chi connectivity index (χ1v) is 5.89. The van der Waals surface area contributed by atoms with Crippen molar-refractivity contribution in [2.45, 2.75) is 25.7 Å². The van der Waals surface area contributed by atoms with Crippen LogP contribution in [0.25, 0.3) is 0 Å². The number of hydrogen-bond acceptors (Lipinski definition) is 3. The predicted octanol–water partition coefficient (Wildman–Crippen LogP) is 2.39. The minimum atomic E-state index is -0.828. The molecule has 0 saturated heterocycles. The van der Waals surface area contributed by atoms with Gasteiger partial charge in [-0.05, 0) is 37.0 Å². The number of anilines is 1. The number of benzene rings is 1. The standard InChI is InChI=1S/C14H13N3O/c15-9-6-11-2-4-12(5-3-11)17-13(18)14(10-16)7-1-8-14/h2-5H,1,6-8H2,(H,17,18). The molecular weight excluding hydrogens is 226 g/mol. The Morgan fingerprint density at radius 1 is 1.28 bits per heavy atom. The van der Waals surface area contributed by atoms with Crippen LogP contribution >= 0.6 is 0 Å². The van der Waals surface area contributed by atoms with E-state index in [9.17, 15) is 4.79 Å². The van der Waals surface area contributed by atoms with Crippen molar-refractivity contribution in [1.82, 2.24) is 0 Å². The fraction of sp³-hybridized carbons (Fsp3) is 0.357. The second-order valence-electron chi connectivity index (χ2n) is 4.53.